The van der Waals surface area contributed by atoms with Gasteiger partial charge < -0.3 is 4.74 Å². The maximum Gasteiger partial charge on any atom is 0.335 e. The molecule has 9 nitrogen and oxygen atoms in total. The number of carbonyl (C=O) groups is 3. The quantitative estimate of drug-likeness (QED) is 0.184. The Kier molecular flexibility index (Phi) is 7.28. The Morgan fingerprint density at radius 3 is 2.35 bits per heavy atom. The fourth-order valence-corrected chi connectivity index (χ4v) is 4.25. The van der Waals surface area contributed by atoms with Crippen LogP contribution in [0.4, 0.5) is 16.2 Å². The highest BCUT2D eigenvalue weighted by atomic mass is 35.5. The Balaban J connectivity index is 1.60. The van der Waals surface area contributed by atoms with Gasteiger partial charge in [-0.25, -0.2) is 9.69 Å². The van der Waals surface area contributed by atoms with Crippen LogP contribution in [-0.4, -0.2) is 22.8 Å². The summed E-state index contributed by atoms with van der Waals surface area (Å²) >= 11 is 12.7. The molecular weight excluding hydrogens is 521 g/mol. The van der Waals surface area contributed by atoms with Crippen LogP contribution in [0.2, 0.25) is 10.0 Å². The second kappa shape index (κ2) is 10.4. The number of halogens is 2. The van der Waals surface area contributed by atoms with Crippen LogP contribution in [0.15, 0.2) is 60.2 Å². The molecule has 37 heavy (non-hydrogen) atoms. The molecule has 3 aromatic carbocycles. The highest BCUT2D eigenvalue weighted by Gasteiger charge is 2.37. The molecule has 0 bridgehead atoms. The number of anilines is 1. The zero-order valence-electron chi connectivity index (χ0n) is 19.6. The molecule has 4 amide bonds. The van der Waals surface area contributed by atoms with Gasteiger partial charge in [0.05, 0.1) is 20.7 Å². The van der Waals surface area contributed by atoms with Crippen molar-refractivity contribution >= 4 is 58.5 Å². The standard InChI is InChI=1S/C26H19Cl2N3O6/c1-14-6-7-18(8-15(14)2)30-25(33)20(24(32)29-26(30)34)10-17-11-21(27)23(22(28)12-17)37-13-16-4-3-5-19(9-16)31(35)36/h3-12H,13H2,1-2H3,(H,29,32,34)/b20-10+. The number of benzene rings is 3. The monoisotopic (exact) mass is 539 g/mol. The van der Waals surface area contributed by atoms with Crippen molar-refractivity contribution in [3.05, 3.63) is 103 Å². The van der Waals surface area contributed by atoms with Crippen molar-refractivity contribution in [2.45, 2.75) is 20.5 Å². The van der Waals surface area contributed by atoms with Gasteiger partial charge in [0, 0.05) is 12.1 Å². The van der Waals surface area contributed by atoms with Gasteiger partial charge in [-0.2, -0.15) is 0 Å². The molecule has 0 spiro atoms. The summed E-state index contributed by atoms with van der Waals surface area (Å²) in [5.41, 5.74) is 2.68. The van der Waals surface area contributed by atoms with Gasteiger partial charge in [-0.1, -0.05) is 41.4 Å². The number of ether oxygens (including phenoxy) is 1. The van der Waals surface area contributed by atoms with Gasteiger partial charge in [-0.3, -0.25) is 25.0 Å². The van der Waals surface area contributed by atoms with Gasteiger partial charge in [0.25, 0.3) is 17.5 Å². The zero-order chi connectivity index (χ0) is 26.9. The largest absolute Gasteiger partial charge is 0.486 e. The number of non-ortho nitro benzene ring substituents is 1. The molecule has 1 aliphatic heterocycles. The van der Waals surface area contributed by atoms with E-state index in [4.69, 9.17) is 27.9 Å². The minimum atomic E-state index is -0.853. The Morgan fingerprint density at radius 2 is 1.70 bits per heavy atom. The summed E-state index contributed by atoms with van der Waals surface area (Å²) in [4.78, 5) is 49.5. The van der Waals surface area contributed by atoms with E-state index in [1.54, 1.807) is 24.3 Å². The lowest BCUT2D eigenvalue weighted by Crippen LogP contribution is -2.54. The Bertz CT molecular complexity index is 1480. The Hall–Kier alpha value is -4.21. The van der Waals surface area contributed by atoms with E-state index in [1.807, 2.05) is 13.8 Å². The van der Waals surface area contributed by atoms with Crippen molar-refractivity contribution in [1.29, 1.82) is 0 Å². The molecule has 1 aliphatic rings. The summed E-state index contributed by atoms with van der Waals surface area (Å²) < 4.78 is 5.68. The fourth-order valence-electron chi connectivity index (χ4n) is 3.64. The average Bonchev–Trinajstić information content (AvgIpc) is 2.83. The lowest BCUT2D eigenvalue weighted by Gasteiger charge is -2.27. The van der Waals surface area contributed by atoms with Crippen molar-refractivity contribution in [1.82, 2.24) is 5.32 Å². The summed E-state index contributed by atoms with van der Waals surface area (Å²) in [6.07, 6.45) is 1.28. The van der Waals surface area contributed by atoms with Crippen LogP contribution in [0.25, 0.3) is 6.08 Å². The number of nitrogens with zero attached hydrogens (tertiary/aromatic N) is 2. The first-order valence-corrected chi connectivity index (χ1v) is 11.6. The second-order valence-electron chi connectivity index (χ2n) is 8.26. The number of amides is 4. The van der Waals surface area contributed by atoms with Gasteiger partial charge in [-0.15, -0.1) is 0 Å². The van der Waals surface area contributed by atoms with Crippen LogP contribution in [0.1, 0.15) is 22.3 Å². The normalized spacial score (nSPS) is 14.6. The third kappa shape index (κ3) is 5.47. The van der Waals surface area contributed by atoms with E-state index in [0.717, 1.165) is 16.0 Å². The predicted octanol–water partition coefficient (Wildman–Crippen LogP) is 5.76. The number of urea groups is 1. The molecule has 0 aliphatic carbocycles. The predicted molar refractivity (Wildman–Crippen MR) is 139 cm³/mol. The van der Waals surface area contributed by atoms with Crippen LogP contribution in [0, 0.1) is 24.0 Å². The van der Waals surface area contributed by atoms with Gasteiger partial charge in [0.2, 0.25) is 0 Å². The third-order valence-electron chi connectivity index (χ3n) is 5.69. The summed E-state index contributed by atoms with van der Waals surface area (Å²) in [5.74, 6) is -1.52. The van der Waals surface area contributed by atoms with E-state index >= 15 is 0 Å². The van der Waals surface area contributed by atoms with Crippen LogP contribution >= 0.6 is 23.2 Å². The molecule has 0 atom stereocenters. The molecule has 4 rings (SSSR count). The number of imide groups is 2. The molecule has 1 fully saturated rings. The molecule has 0 radical (unpaired) electrons. The molecule has 0 saturated carbocycles. The molecular formula is C26H19Cl2N3O6. The second-order valence-corrected chi connectivity index (χ2v) is 9.07. The minimum absolute atomic E-state index is 0.0323. The van der Waals surface area contributed by atoms with Crippen molar-refractivity contribution in [2.75, 3.05) is 4.90 Å². The van der Waals surface area contributed by atoms with E-state index in [-0.39, 0.29) is 33.7 Å². The number of hydrogen-bond donors (Lipinski definition) is 1. The number of nitro groups is 1. The maximum atomic E-state index is 13.2. The topological polar surface area (TPSA) is 119 Å². The van der Waals surface area contributed by atoms with Crippen LogP contribution in [0.3, 0.4) is 0 Å². The summed E-state index contributed by atoms with van der Waals surface area (Å²) in [6.45, 7) is 3.71. The van der Waals surface area contributed by atoms with Gasteiger partial charge >= 0.3 is 6.03 Å². The van der Waals surface area contributed by atoms with Crippen molar-refractivity contribution in [2.24, 2.45) is 0 Å². The van der Waals surface area contributed by atoms with E-state index in [9.17, 15) is 24.5 Å². The van der Waals surface area contributed by atoms with E-state index in [2.05, 4.69) is 5.32 Å². The van der Waals surface area contributed by atoms with Crippen LogP contribution in [0.5, 0.6) is 5.75 Å². The number of barbiturate groups is 1. The first kappa shape index (κ1) is 25.9. The minimum Gasteiger partial charge on any atom is -0.486 e. The zero-order valence-corrected chi connectivity index (χ0v) is 21.1. The number of nitrogens with one attached hydrogen (secondary N) is 1. The first-order valence-electron chi connectivity index (χ1n) is 10.9. The highest BCUT2D eigenvalue weighted by Crippen LogP contribution is 2.36. The summed E-state index contributed by atoms with van der Waals surface area (Å²) in [6, 6.07) is 13.0. The number of aryl methyl sites for hydroxylation is 2. The Morgan fingerprint density at radius 1 is 1.00 bits per heavy atom. The highest BCUT2D eigenvalue weighted by molar-refractivity contribution is 6.40. The molecule has 1 saturated heterocycles. The number of nitro benzene ring substituents is 1. The molecule has 188 valence electrons. The van der Waals surface area contributed by atoms with Crippen LogP contribution in [-0.2, 0) is 16.2 Å². The maximum absolute atomic E-state index is 13.2. The average molecular weight is 540 g/mol. The third-order valence-corrected chi connectivity index (χ3v) is 6.25. The fraction of sp³-hybridized carbons (Fsp3) is 0.115. The van der Waals surface area contributed by atoms with Gasteiger partial charge in [-0.05, 0) is 66.4 Å². The van der Waals surface area contributed by atoms with Crippen LogP contribution < -0.4 is 15.0 Å². The summed E-state index contributed by atoms with van der Waals surface area (Å²) in [7, 11) is 0. The smallest absolute Gasteiger partial charge is 0.335 e. The van der Waals surface area contributed by atoms with Crippen molar-refractivity contribution < 1.29 is 24.0 Å². The molecule has 1 heterocycles. The number of rotatable bonds is 6. The van der Waals surface area contributed by atoms with E-state index in [1.165, 1.54) is 36.4 Å². The summed E-state index contributed by atoms with van der Waals surface area (Å²) in [5, 5.41) is 13.3. The van der Waals surface area contributed by atoms with E-state index < -0.39 is 22.8 Å². The SMILES string of the molecule is Cc1ccc(N2C(=O)NC(=O)/C(=C\c3cc(Cl)c(OCc4cccc([N+](=O)[O-])c4)c(Cl)c3)C2=O)cc1C. The van der Waals surface area contributed by atoms with Crippen molar-refractivity contribution in [3.8, 4) is 5.75 Å². The molecule has 0 aromatic heterocycles. The van der Waals surface area contributed by atoms with E-state index in [0.29, 0.717) is 16.8 Å². The molecule has 0 unspecified atom stereocenters. The number of hydrogen-bond acceptors (Lipinski definition) is 6. The van der Waals surface area contributed by atoms with Gasteiger partial charge in [0.1, 0.15) is 12.2 Å². The first-order chi connectivity index (χ1) is 17.5. The number of carbonyl (C=O) groups excluding carboxylic acids is 3. The molecule has 1 N–H and O–H groups in total. The van der Waals surface area contributed by atoms with Gasteiger partial charge in [0.15, 0.2) is 5.75 Å². The molecule has 3 aromatic rings. The van der Waals surface area contributed by atoms with Crippen molar-refractivity contribution in [3.63, 3.8) is 0 Å². The lowest BCUT2D eigenvalue weighted by molar-refractivity contribution is -0.384. The lowest BCUT2D eigenvalue weighted by atomic mass is 10.0. The molecule has 11 heteroatoms. The Labute approximate surface area is 221 Å².